The van der Waals surface area contributed by atoms with Crippen LogP contribution in [-0.4, -0.2) is 55.8 Å². The summed E-state index contributed by atoms with van der Waals surface area (Å²) in [6.45, 7) is 2.21. The van der Waals surface area contributed by atoms with Gasteiger partial charge < -0.3 is 4.90 Å². The van der Waals surface area contributed by atoms with Crippen molar-refractivity contribution >= 4 is 15.7 Å². The fourth-order valence-electron chi connectivity index (χ4n) is 1.88. The van der Waals surface area contributed by atoms with Crippen LogP contribution in [0.5, 0.6) is 0 Å². The van der Waals surface area contributed by atoms with E-state index < -0.39 is 14.9 Å². The molecule has 7 nitrogen and oxygen atoms in total. The highest BCUT2D eigenvalue weighted by atomic mass is 32.2. The number of nitrogens with zero attached hydrogens (tertiary/aromatic N) is 3. The summed E-state index contributed by atoms with van der Waals surface area (Å²) in [5, 5.41) is 12.8. The first-order valence-electron chi connectivity index (χ1n) is 6.34. The number of sulfonamides is 1. The number of non-ortho nitro benzene ring substituents is 1. The minimum atomic E-state index is -3.62. The molecule has 0 atom stereocenters. The number of hydrogen-bond donors (Lipinski definition) is 0. The smallest absolute Gasteiger partial charge is 0.283 e. The number of likely N-dealkylation sites (N-methyl/N-ethyl adjacent to an activating group) is 1. The van der Waals surface area contributed by atoms with Crippen LogP contribution in [0.15, 0.2) is 24.3 Å². The van der Waals surface area contributed by atoms with Gasteiger partial charge in [0, 0.05) is 49.1 Å². The second-order valence-corrected chi connectivity index (χ2v) is 6.41. The summed E-state index contributed by atoms with van der Waals surface area (Å²) in [5.74, 6) is 2.54. The third kappa shape index (κ3) is 4.01. The fraction of sp³-hybridized carbons (Fsp3) is 0.385. The van der Waals surface area contributed by atoms with Gasteiger partial charge in [-0.3, -0.25) is 10.1 Å². The number of nitro benzene ring substituents is 1. The van der Waals surface area contributed by atoms with Crippen molar-refractivity contribution in [2.24, 2.45) is 0 Å². The number of benzene rings is 1. The zero-order valence-corrected chi connectivity index (χ0v) is 12.3. The lowest BCUT2D eigenvalue weighted by atomic mass is 10.2. The monoisotopic (exact) mass is 309 g/mol. The van der Waals surface area contributed by atoms with E-state index in [4.69, 9.17) is 0 Å². The number of hydrogen-bond acceptors (Lipinski definition) is 5. The Balaban J connectivity index is 2.12. The van der Waals surface area contributed by atoms with Crippen molar-refractivity contribution in [3.63, 3.8) is 0 Å². The van der Waals surface area contributed by atoms with Crippen molar-refractivity contribution in [3.8, 4) is 11.2 Å². The van der Waals surface area contributed by atoms with Crippen molar-refractivity contribution in [2.75, 3.05) is 33.2 Å². The van der Waals surface area contributed by atoms with E-state index in [0.717, 1.165) is 0 Å². The molecule has 0 aromatic heterocycles. The molecule has 1 aliphatic rings. The van der Waals surface area contributed by atoms with E-state index in [2.05, 4.69) is 16.1 Å². The van der Waals surface area contributed by atoms with Gasteiger partial charge in [0.1, 0.15) is 0 Å². The van der Waals surface area contributed by atoms with Gasteiger partial charge in [-0.25, -0.2) is 0 Å². The van der Waals surface area contributed by atoms with Gasteiger partial charge in [0.2, 0.25) is 0 Å². The highest BCUT2D eigenvalue weighted by molar-refractivity contribution is 7.93. The van der Waals surface area contributed by atoms with Gasteiger partial charge in [-0.1, -0.05) is 0 Å². The van der Waals surface area contributed by atoms with E-state index in [0.29, 0.717) is 31.7 Å². The van der Waals surface area contributed by atoms with Crippen LogP contribution in [0.4, 0.5) is 5.69 Å². The molecule has 0 aliphatic carbocycles. The molecule has 1 fully saturated rings. The molecule has 0 unspecified atom stereocenters. The van der Waals surface area contributed by atoms with E-state index in [1.807, 2.05) is 7.05 Å². The van der Waals surface area contributed by atoms with Gasteiger partial charge in [-0.15, -0.1) is 0 Å². The summed E-state index contributed by atoms with van der Waals surface area (Å²) < 4.78 is 25.5. The van der Waals surface area contributed by atoms with Crippen LogP contribution in [0.1, 0.15) is 5.56 Å². The molecule has 8 heteroatoms. The molecule has 1 heterocycles. The summed E-state index contributed by atoms with van der Waals surface area (Å²) in [6, 6.07) is 5.47. The van der Waals surface area contributed by atoms with Crippen LogP contribution in [0.25, 0.3) is 0 Å². The second-order valence-electron chi connectivity index (χ2n) is 4.74. The topological polar surface area (TPSA) is 83.8 Å². The minimum absolute atomic E-state index is 0.0533. The van der Waals surface area contributed by atoms with Crippen LogP contribution in [0.3, 0.4) is 0 Å². The van der Waals surface area contributed by atoms with Gasteiger partial charge in [0.05, 0.1) is 4.92 Å². The van der Waals surface area contributed by atoms with Crippen LogP contribution in [0, 0.1) is 21.3 Å². The molecule has 21 heavy (non-hydrogen) atoms. The minimum Gasteiger partial charge on any atom is -0.304 e. The number of nitro groups is 1. The maximum atomic E-state index is 12.1. The van der Waals surface area contributed by atoms with E-state index >= 15 is 0 Å². The van der Waals surface area contributed by atoms with Crippen LogP contribution in [-0.2, 0) is 10.0 Å². The normalized spacial score (nSPS) is 17.0. The van der Waals surface area contributed by atoms with Crippen molar-refractivity contribution in [1.29, 1.82) is 0 Å². The Hall–Kier alpha value is -1.95. The molecule has 1 aromatic rings. The standard InChI is InChI=1S/C13H15N3O4S/c1-14-7-9-15(10-8-14)21(19,20)11-6-12-2-4-13(5-3-12)16(17)18/h2-5H,7-10H2,1H3. The van der Waals surface area contributed by atoms with Crippen LogP contribution >= 0.6 is 0 Å². The predicted octanol–water partition coefficient (Wildman–Crippen LogP) is 0.481. The van der Waals surface area contributed by atoms with Gasteiger partial charge in [-0.2, -0.15) is 12.7 Å². The third-order valence-corrected chi connectivity index (χ3v) is 4.61. The quantitative estimate of drug-likeness (QED) is 0.451. The predicted molar refractivity (Wildman–Crippen MR) is 78.0 cm³/mol. The largest absolute Gasteiger partial charge is 0.304 e. The van der Waals surface area contributed by atoms with Crippen molar-refractivity contribution in [3.05, 3.63) is 39.9 Å². The molecule has 112 valence electrons. The molecule has 0 bridgehead atoms. The summed E-state index contributed by atoms with van der Waals surface area (Å²) in [4.78, 5) is 12.1. The SMILES string of the molecule is CN1CCN(S(=O)(=O)C#Cc2ccc([N+](=O)[O-])cc2)CC1. The molecule has 0 saturated carbocycles. The summed E-state index contributed by atoms with van der Waals surface area (Å²) in [6.07, 6.45) is 0. The Bertz CT molecular complexity index is 680. The summed E-state index contributed by atoms with van der Waals surface area (Å²) in [7, 11) is -1.68. The zero-order chi connectivity index (χ0) is 15.5. The first-order chi connectivity index (χ1) is 9.88. The Labute approximate surface area is 123 Å². The molecule has 1 saturated heterocycles. The Morgan fingerprint density at radius 2 is 1.71 bits per heavy atom. The zero-order valence-electron chi connectivity index (χ0n) is 11.5. The lowest BCUT2D eigenvalue weighted by Gasteiger charge is -2.29. The molecule has 2 rings (SSSR count). The van der Waals surface area contributed by atoms with Crippen LogP contribution in [0.2, 0.25) is 0 Å². The van der Waals surface area contributed by atoms with Crippen molar-refractivity contribution in [2.45, 2.75) is 0 Å². The van der Waals surface area contributed by atoms with Gasteiger partial charge in [0.15, 0.2) is 0 Å². The Kier molecular flexibility index (Phi) is 4.57. The van der Waals surface area contributed by atoms with E-state index in [9.17, 15) is 18.5 Å². The number of rotatable bonds is 2. The highest BCUT2D eigenvalue weighted by Crippen LogP contribution is 2.11. The molecular formula is C13H15N3O4S. The average Bonchev–Trinajstić information content (AvgIpc) is 2.46. The number of piperazine rings is 1. The van der Waals surface area contributed by atoms with Gasteiger partial charge in [-0.05, 0) is 25.1 Å². The molecular weight excluding hydrogens is 294 g/mol. The first-order valence-corrected chi connectivity index (χ1v) is 7.78. The van der Waals surface area contributed by atoms with Crippen molar-refractivity contribution < 1.29 is 13.3 Å². The average molecular weight is 309 g/mol. The van der Waals surface area contributed by atoms with E-state index in [1.54, 1.807) is 0 Å². The fourth-order valence-corrected chi connectivity index (χ4v) is 2.90. The Morgan fingerprint density at radius 3 is 2.24 bits per heavy atom. The second kappa shape index (κ2) is 6.22. The first kappa shape index (κ1) is 15.4. The lowest BCUT2D eigenvalue weighted by molar-refractivity contribution is -0.384. The van der Waals surface area contributed by atoms with E-state index in [-0.39, 0.29) is 5.69 Å². The molecule has 1 aliphatic heterocycles. The van der Waals surface area contributed by atoms with Gasteiger partial charge in [0.25, 0.3) is 15.7 Å². The summed E-state index contributed by atoms with van der Waals surface area (Å²) in [5.41, 5.74) is 0.376. The van der Waals surface area contributed by atoms with Gasteiger partial charge >= 0.3 is 0 Å². The molecule has 0 amide bonds. The lowest BCUT2D eigenvalue weighted by Crippen LogP contribution is -2.46. The van der Waals surface area contributed by atoms with Crippen LogP contribution < -0.4 is 0 Å². The molecule has 0 radical (unpaired) electrons. The maximum absolute atomic E-state index is 12.1. The third-order valence-electron chi connectivity index (χ3n) is 3.20. The molecule has 1 aromatic carbocycles. The Morgan fingerprint density at radius 1 is 1.14 bits per heavy atom. The maximum Gasteiger partial charge on any atom is 0.283 e. The van der Waals surface area contributed by atoms with Crippen molar-refractivity contribution in [1.82, 2.24) is 9.21 Å². The highest BCUT2D eigenvalue weighted by Gasteiger charge is 2.23. The molecule has 0 N–H and O–H groups in total. The van der Waals surface area contributed by atoms with E-state index in [1.165, 1.54) is 28.6 Å². The molecule has 0 spiro atoms. The summed E-state index contributed by atoms with van der Waals surface area (Å²) >= 11 is 0.